The Morgan fingerprint density at radius 3 is 2.23 bits per heavy atom. The molecule has 3 N–H and O–H groups in total. The normalized spacial score (nSPS) is 22.7. The van der Waals surface area contributed by atoms with Crippen LogP contribution in [0.25, 0.3) is 0 Å². The number of nitrogens with one attached hydrogen (secondary N) is 3. The minimum absolute atomic E-state index is 0.0459. The van der Waals surface area contributed by atoms with Crippen LogP contribution < -0.4 is 16.0 Å². The van der Waals surface area contributed by atoms with E-state index in [4.69, 9.17) is 0 Å². The molecule has 2 fully saturated rings. The number of hydrogen-bond donors (Lipinski definition) is 3. The quantitative estimate of drug-likeness (QED) is 0.708. The van der Waals surface area contributed by atoms with Crippen LogP contribution in [0.2, 0.25) is 0 Å². The molecule has 0 unspecified atom stereocenters. The summed E-state index contributed by atoms with van der Waals surface area (Å²) in [6, 6.07) is 17.0. The number of anilines is 1. The molecule has 2 aromatic rings. The lowest BCUT2D eigenvalue weighted by atomic mass is 9.97. The highest BCUT2D eigenvalue weighted by molar-refractivity contribution is 5.79. The number of rotatable bonds is 5. The Morgan fingerprint density at radius 1 is 0.967 bits per heavy atom. The van der Waals surface area contributed by atoms with Crippen LogP contribution in [0.4, 0.5) is 5.69 Å². The topological polar surface area (TPSA) is 59.6 Å². The molecule has 160 valence electrons. The first kappa shape index (κ1) is 20.8. The molecule has 2 aromatic carbocycles. The molecule has 6 heteroatoms. The van der Waals surface area contributed by atoms with Crippen LogP contribution in [-0.4, -0.2) is 68.3 Å². The zero-order valence-corrected chi connectivity index (χ0v) is 18.0. The summed E-state index contributed by atoms with van der Waals surface area (Å²) >= 11 is 0. The van der Waals surface area contributed by atoms with Crippen LogP contribution in [-0.2, 0) is 11.2 Å². The molecule has 2 heterocycles. The predicted octanol–water partition coefficient (Wildman–Crippen LogP) is 1.98. The maximum atomic E-state index is 12.5. The third kappa shape index (κ3) is 5.39. The third-order valence-corrected chi connectivity index (χ3v) is 6.16. The van der Waals surface area contributed by atoms with Crippen LogP contribution in [0.3, 0.4) is 0 Å². The first-order valence-corrected chi connectivity index (χ1v) is 10.9. The minimum atomic E-state index is 0.0459. The SMILES string of the molecule is Cc1ccc(C2CNC(Nc3ccc(CC(=O)N4CCN(C)CC4)cc3)NC2)cc1. The number of piperazine rings is 1. The van der Waals surface area contributed by atoms with E-state index in [0.29, 0.717) is 12.3 Å². The fourth-order valence-corrected chi connectivity index (χ4v) is 4.07. The molecular formula is C24H33N5O. The van der Waals surface area contributed by atoms with Crippen molar-refractivity contribution in [3.8, 4) is 0 Å². The monoisotopic (exact) mass is 407 g/mol. The number of carbonyl (C=O) groups excluding carboxylic acids is 1. The highest BCUT2D eigenvalue weighted by Crippen LogP contribution is 2.18. The van der Waals surface area contributed by atoms with Crippen LogP contribution >= 0.6 is 0 Å². The van der Waals surface area contributed by atoms with E-state index in [2.05, 4.69) is 71.2 Å². The van der Waals surface area contributed by atoms with Gasteiger partial charge in [0.1, 0.15) is 6.29 Å². The number of nitrogens with zero attached hydrogens (tertiary/aromatic N) is 2. The lowest BCUT2D eigenvalue weighted by Crippen LogP contribution is -2.55. The van der Waals surface area contributed by atoms with Crippen molar-refractivity contribution in [2.75, 3.05) is 51.6 Å². The molecule has 30 heavy (non-hydrogen) atoms. The summed E-state index contributed by atoms with van der Waals surface area (Å²) < 4.78 is 0. The Bertz CT molecular complexity index is 820. The number of likely N-dealkylation sites (N-methyl/N-ethyl adjacent to an activating group) is 1. The van der Waals surface area contributed by atoms with Crippen LogP contribution in [0.5, 0.6) is 0 Å². The number of aryl methyl sites for hydroxylation is 1. The fraction of sp³-hybridized carbons (Fsp3) is 0.458. The second-order valence-electron chi connectivity index (χ2n) is 8.56. The number of amides is 1. The molecule has 1 amide bonds. The van der Waals surface area contributed by atoms with Gasteiger partial charge in [0.05, 0.1) is 6.42 Å². The van der Waals surface area contributed by atoms with E-state index < -0.39 is 0 Å². The van der Waals surface area contributed by atoms with Crippen LogP contribution in [0.15, 0.2) is 48.5 Å². The molecule has 0 spiro atoms. The van der Waals surface area contributed by atoms with Gasteiger partial charge in [-0.15, -0.1) is 0 Å². The Hall–Kier alpha value is -2.41. The van der Waals surface area contributed by atoms with Crippen LogP contribution in [0, 0.1) is 6.92 Å². The van der Waals surface area contributed by atoms with E-state index in [-0.39, 0.29) is 12.2 Å². The standard InChI is InChI=1S/C24H33N5O/c1-18-3-7-20(8-4-18)21-16-25-24(26-17-21)27-22-9-5-19(6-10-22)15-23(30)29-13-11-28(2)12-14-29/h3-10,21,24-27H,11-17H2,1-2H3. The van der Waals surface area contributed by atoms with Gasteiger partial charge in [-0.25, -0.2) is 0 Å². The van der Waals surface area contributed by atoms with Crippen LogP contribution in [0.1, 0.15) is 22.6 Å². The molecule has 2 aliphatic heterocycles. The van der Waals surface area contributed by atoms with Gasteiger partial charge in [-0.2, -0.15) is 0 Å². The Balaban J connectivity index is 1.24. The number of carbonyl (C=O) groups is 1. The molecule has 0 aliphatic carbocycles. The summed E-state index contributed by atoms with van der Waals surface area (Å²) in [6.45, 7) is 7.57. The first-order valence-electron chi connectivity index (χ1n) is 10.9. The molecule has 0 atom stereocenters. The highest BCUT2D eigenvalue weighted by Gasteiger charge is 2.21. The highest BCUT2D eigenvalue weighted by atomic mass is 16.2. The maximum Gasteiger partial charge on any atom is 0.227 e. The second-order valence-corrected chi connectivity index (χ2v) is 8.56. The van der Waals surface area contributed by atoms with Crippen molar-refractivity contribution in [2.45, 2.75) is 25.6 Å². The van der Waals surface area contributed by atoms with Gasteiger partial charge in [-0.3, -0.25) is 15.4 Å². The molecule has 4 rings (SSSR count). The second kappa shape index (κ2) is 9.60. The largest absolute Gasteiger partial charge is 0.358 e. The van der Waals surface area contributed by atoms with Gasteiger partial charge in [0.25, 0.3) is 0 Å². The van der Waals surface area contributed by atoms with E-state index in [1.807, 2.05) is 17.0 Å². The van der Waals surface area contributed by atoms with Gasteiger partial charge in [0, 0.05) is 50.9 Å². The van der Waals surface area contributed by atoms with Crippen molar-refractivity contribution in [2.24, 2.45) is 0 Å². The van der Waals surface area contributed by atoms with E-state index in [1.165, 1.54) is 11.1 Å². The predicted molar refractivity (Wildman–Crippen MR) is 122 cm³/mol. The number of benzene rings is 2. The Labute approximate surface area is 179 Å². The molecule has 0 radical (unpaired) electrons. The van der Waals surface area contributed by atoms with Gasteiger partial charge in [-0.05, 0) is 37.2 Å². The van der Waals surface area contributed by atoms with Crippen molar-refractivity contribution in [3.63, 3.8) is 0 Å². The van der Waals surface area contributed by atoms with E-state index in [1.54, 1.807) is 0 Å². The van der Waals surface area contributed by atoms with Crippen molar-refractivity contribution >= 4 is 11.6 Å². The van der Waals surface area contributed by atoms with Crippen molar-refractivity contribution in [1.82, 2.24) is 20.4 Å². The smallest absolute Gasteiger partial charge is 0.227 e. The van der Waals surface area contributed by atoms with Gasteiger partial charge in [-0.1, -0.05) is 42.0 Å². The lowest BCUT2D eigenvalue weighted by molar-refractivity contribution is -0.132. The van der Waals surface area contributed by atoms with Gasteiger partial charge in [0.15, 0.2) is 0 Å². The van der Waals surface area contributed by atoms with Crippen molar-refractivity contribution < 1.29 is 4.79 Å². The van der Waals surface area contributed by atoms with E-state index in [0.717, 1.165) is 50.5 Å². The molecule has 0 saturated carbocycles. The van der Waals surface area contributed by atoms with Crippen molar-refractivity contribution in [3.05, 3.63) is 65.2 Å². The summed E-state index contributed by atoms with van der Waals surface area (Å²) in [7, 11) is 2.10. The molecular weight excluding hydrogens is 374 g/mol. The average molecular weight is 408 g/mol. The summed E-state index contributed by atoms with van der Waals surface area (Å²) in [5.74, 6) is 0.702. The van der Waals surface area contributed by atoms with Crippen molar-refractivity contribution in [1.29, 1.82) is 0 Å². The summed E-state index contributed by atoms with van der Waals surface area (Å²) in [5, 5.41) is 10.6. The maximum absolute atomic E-state index is 12.5. The summed E-state index contributed by atoms with van der Waals surface area (Å²) in [6.07, 6.45) is 0.520. The minimum Gasteiger partial charge on any atom is -0.358 e. The lowest BCUT2D eigenvalue weighted by Gasteiger charge is -2.33. The zero-order chi connectivity index (χ0) is 20.9. The van der Waals surface area contributed by atoms with E-state index in [9.17, 15) is 4.79 Å². The molecule has 0 bridgehead atoms. The van der Waals surface area contributed by atoms with E-state index >= 15 is 0 Å². The third-order valence-electron chi connectivity index (χ3n) is 6.16. The van der Waals surface area contributed by atoms with Gasteiger partial charge < -0.3 is 15.1 Å². The molecule has 2 aliphatic rings. The average Bonchev–Trinajstić information content (AvgIpc) is 2.77. The fourth-order valence-electron chi connectivity index (χ4n) is 4.07. The van der Waals surface area contributed by atoms with Gasteiger partial charge >= 0.3 is 0 Å². The van der Waals surface area contributed by atoms with Gasteiger partial charge in [0.2, 0.25) is 5.91 Å². The first-order chi connectivity index (χ1) is 14.6. The molecule has 2 saturated heterocycles. The Kier molecular flexibility index (Phi) is 6.67. The summed E-state index contributed by atoms with van der Waals surface area (Å²) in [4.78, 5) is 16.8. The number of hydrogen-bond acceptors (Lipinski definition) is 5. The Morgan fingerprint density at radius 2 is 1.60 bits per heavy atom. The summed E-state index contributed by atoms with van der Waals surface area (Å²) in [5.41, 5.74) is 4.77. The molecule has 0 aromatic heterocycles. The molecule has 6 nitrogen and oxygen atoms in total. The zero-order valence-electron chi connectivity index (χ0n) is 18.0.